The van der Waals surface area contributed by atoms with Crippen molar-refractivity contribution in [2.45, 2.75) is 142 Å². The number of benzene rings is 2. The average Bonchev–Trinajstić information content (AvgIpc) is 2.70. The molecule has 0 spiro atoms. The molecular weight excluding hydrogens is 440 g/mol. The Bertz CT molecular complexity index is 1000. The van der Waals surface area contributed by atoms with E-state index in [1.54, 1.807) is 0 Å². The van der Waals surface area contributed by atoms with Crippen LogP contribution in [0.4, 0.5) is 0 Å². The maximum atomic E-state index is 11.7. The molecule has 0 amide bonds. The minimum Gasteiger partial charge on any atom is -0.507 e. The molecule has 0 saturated heterocycles. The average molecular weight is 493 g/mol. The molecule has 3 rings (SSSR count). The van der Waals surface area contributed by atoms with Crippen molar-refractivity contribution in [2.75, 3.05) is 0 Å². The number of hydrogen-bond acceptors (Lipinski definition) is 2. The van der Waals surface area contributed by atoms with E-state index in [1.807, 2.05) is 0 Å². The number of rotatable bonds is 2. The Morgan fingerprint density at radius 2 is 0.806 bits per heavy atom. The molecule has 200 valence electrons. The first-order chi connectivity index (χ1) is 16.2. The van der Waals surface area contributed by atoms with Crippen molar-refractivity contribution < 1.29 is 10.2 Å². The zero-order valence-corrected chi connectivity index (χ0v) is 25.2. The molecule has 2 aromatic carbocycles. The highest BCUT2D eigenvalue weighted by atomic mass is 16.3. The highest BCUT2D eigenvalue weighted by molar-refractivity contribution is 5.54. The Morgan fingerprint density at radius 1 is 0.500 bits per heavy atom. The van der Waals surface area contributed by atoms with Gasteiger partial charge in [-0.15, -0.1) is 0 Å². The van der Waals surface area contributed by atoms with Gasteiger partial charge < -0.3 is 10.2 Å². The van der Waals surface area contributed by atoms with Gasteiger partial charge in [-0.2, -0.15) is 0 Å². The zero-order valence-electron chi connectivity index (χ0n) is 25.2. The number of phenols is 2. The standard InChI is InChI=1S/C34H52O2/c1-31(2,3)21-17-25(29(35)27(19-21)33(7,8)9)23-15-13-14-16-24(23)26-18-22(32(4,5)6)20-28(30(26)36)34(10,11)12/h17-20,23-24,35-36H,13-16H2,1-12H3/t23-,24-/m1/s1. The van der Waals surface area contributed by atoms with Crippen LogP contribution in [0.1, 0.15) is 154 Å². The lowest BCUT2D eigenvalue weighted by molar-refractivity contribution is 0.352. The Labute approximate surface area is 221 Å². The Hall–Kier alpha value is -1.96. The summed E-state index contributed by atoms with van der Waals surface area (Å²) in [5, 5.41) is 23.4. The molecule has 2 N–H and O–H groups in total. The van der Waals surface area contributed by atoms with Crippen molar-refractivity contribution in [1.82, 2.24) is 0 Å². The third-order valence-corrected chi connectivity index (χ3v) is 8.19. The van der Waals surface area contributed by atoms with E-state index in [9.17, 15) is 10.2 Å². The fraction of sp³-hybridized carbons (Fsp3) is 0.647. The van der Waals surface area contributed by atoms with E-state index < -0.39 is 0 Å². The van der Waals surface area contributed by atoms with Crippen LogP contribution < -0.4 is 0 Å². The van der Waals surface area contributed by atoms with Crippen LogP contribution in [0, 0.1) is 0 Å². The molecule has 1 aliphatic rings. The fourth-order valence-corrected chi connectivity index (χ4v) is 5.76. The molecule has 2 atom stereocenters. The number of phenolic OH excluding ortho intramolecular Hbond substituents is 2. The summed E-state index contributed by atoms with van der Waals surface area (Å²) in [7, 11) is 0. The van der Waals surface area contributed by atoms with Crippen LogP contribution in [0.3, 0.4) is 0 Å². The summed E-state index contributed by atoms with van der Waals surface area (Å²) >= 11 is 0. The molecule has 2 heteroatoms. The van der Waals surface area contributed by atoms with E-state index >= 15 is 0 Å². The van der Waals surface area contributed by atoms with Gasteiger partial charge in [0.2, 0.25) is 0 Å². The monoisotopic (exact) mass is 492 g/mol. The maximum Gasteiger partial charge on any atom is 0.122 e. The van der Waals surface area contributed by atoms with Crippen LogP contribution in [0.5, 0.6) is 11.5 Å². The Balaban J connectivity index is 2.30. The van der Waals surface area contributed by atoms with Gasteiger partial charge in [-0.3, -0.25) is 0 Å². The van der Waals surface area contributed by atoms with E-state index in [1.165, 1.54) is 11.1 Å². The molecule has 2 nitrogen and oxygen atoms in total. The first-order valence-electron chi connectivity index (χ1n) is 14.0. The van der Waals surface area contributed by atoms with Gasteiger partial charge in [0.15, 0.2) is 0 Å². The second-order valence-corrected chi connectivity index (χ2v) is 15.4. The summed E-state index contributed by atoms with van der Waals surface area (Å²) in [4.78, 5) is 0. The molecule has 0 radical (unpaired) electrons. The second kappa shape index (κ2) is 9.41. The van der Waals surface area contributed by atoms with Gasteiger partial charge in [0.1, 0.15) is 11.5 Å². The summed E-state index contributed by atoms with van der Waals surface area (Å²) in [5.41, 5.74) is 6.39. The van der Waals surface area contributed by atoms with Crippen molar-refractivity contribution in [3.8, 4) is 11.5 Å². The third-order valence-electron chi connectivity index (χ3n) is 8.19. The fourth-order valence-electron chi connectivity index (χ4n) is 5.76. The second-order valence-electron chi connectivity index (χ2n) is 15.4. The van der Waals surface area contributed by atoms with Crippen LogP contribution >= 0.6 is 0 Å². The number of aromatic hydroxyl groups is 2. The first-order valence-corrected chi connectivity index (χ1v) is 14.0. The van der Waals surface area contributed by atoms with Gasteiger partial charge >= 0.3 is 0 Å². The molecule has 2 aromatic rings. The molecule has 1 aliphatic carbocycles. The molecule has 1 fully saturated rings. The number of hydrogen-bond donors (Lipinski definition) is 2. The summed E-state index contributed by atoms with van der Waals surface area (Å²) in [6, 6.07) is 8.96. The van der Waals surface area contributed by atoms with Crippen LogP contribution in [0.15, 0.2) is 24.3 Å². The van der Waals surface area contributed by atoms with Gasteiger partial charge in [-0.1, -0.05) is 120 Å². The topological polar surface area (TPSA) is 40.5 Å². The molecule has 36 heavy (non-hydrogen) atoms. The zero-order chi connectivity index (χ0) is 27.4. The van der Waals surface area contributed by atoms with E-state index in [0.29, 0.717) is 11.5 Å². The minimum absolute atomic E-state index is 0.0136. The van der Waals surface area contributed by atoms with Crippen LogP contribution in [-0.4, -0.2) is 10.2 Å². The van der Waals surface area contributed by atoms with Gasteiger partial charge in [0.05, 0.1) is 0 Å². The van der Waals surface area contributed by atoms with Crippen molar-refractivity contribution in [1.29, 1.82) is 0 Å². The normalized spacial score (nSPS) is 20.0. The lowest BCUT2D eigenvalue weighted by Gasteiger charge is -2.37. The van der Waals surface area contributed by atoms with Crippen LogP contribution in [0.2, 0.25) is 0 Å². The molecule has 0 heterocycles. The highest BCUT2D eigenvalue weighted by Crippen LogP contribution is 2.53. The third kappa shape index (κ3) is 5.79. The predicted octanol–water partition coefficient (Wildman–Crippen LogP) is 9.73. The van der Waals surface area contributed by atoms with E-state index in [-0.39, 0.29) is 33.5 Å². The lowest BCUT2D eigenvalue weighted by Crippen LogP contribution is -2.23. The van der Waals surface area contributed by atoms with Gasteiger partial charge in [0, 0.05) is 0 Å². The minimum atomic E-state index is -0.155. The van der Waals surface area contributed by atoms with E-state index in [0.717, 1.165) is 47.9 Å². The van der Waals surface area contributed by atoms with Crippen molar-refractivity contribution in [2.24, 2.45) is 0 Å². The quantitative estimate of drug-likeness (QED) is 0.438. The predicted molar refractivity (Wildman–Crippen MR) is 155 cm³/mol. The molecule has 0 aliphatic heterocycles. The van der Waals surface area contributed by atoms with Crippen molar-refractivity contribution >= 4 is 0 Å². The molecule has 1 saturated carbocycles. The molecule has 0 unspecified atom stereocenters. The van der Waals surface area contributed by atoms with Gasteiger partial charge in [0.25, 0.3) is 0 Å². The highest BCUT2D eigenvalue weighted by Gasteiger charge is 2.36. The summed E-state index contributed by atoms with van der Waals surface area (Å²) < 4.78 is 0. The van der Waals surface area contributed by atoms with Crippen molar-refractivity contribution in [3.63, 3.8) is 0 Å². The van der Waals surface area contributed by atoms with Crippen LogP contribution in [-0.2, 0) is 21.7 Å². The maximum absolute atomic E-state index is 11.7. The SMILES string of the molecule is CC(C)(C)c1cc([C@@H]2CCCC[C@H]2c2cc(C(C)(C)C)cc(C(C)(C)C)c2O)c(O)c(C(C)(C)C)c1. The van der Waals surface area contributed by atoms with E-state index in [4.69, 9.17) is 0 Å². The lowest BCUT2D eigenvalue weighted by atomic mass is 9.68. The summed E-state index contributed by atoms with van der Waals surface area (Å²) in [6.07, 6.45) is 4.35. The summed E-state index contributed by atoms with van der Waals surface area (Å²) in [5.74, 6) is 1.26. The van der Waals surface area contributed by atoms with Gasteiger partial charge in [-0.25, -0.2) is 0 Å². The van der Waals surface area contributed by atoms with Crippen LogP contribution in [0.25, 0.3) is 0 Å². The summed E-state index contributed by atoms with van der Waals surface area (Å²) in [6.45, 7) is 26.6. The largest absolute Gasteiger partial charge is 0.507 e. The Kier molecular flexibility index (Phi) is 7.48. The molecule has 0 aromatic heterocycles. The molecule has 0 bridgehead atoms. The first kappa shape index (κ1) is 28.6. The Morgan fingerprint density at radius 3 is 1.06 bits per heavy atom. The smallest absolute Gasteiger partial charge is 0.122 e. The van der Waals surface area contributed by atoms with E-state index in [2.05, 4.69) is 107 Å². The van der Waals surface area contributed by atoms with Gasteiger partial charge in [-0.05, 0) is 79.7 Å². The molecular formula is C34H52O2. The van der Waals surface area contributed by atoms with Crippen molar-refractivity contribution in [3.05, 3.63) is 57.6 Å².